The Balaban J connectivity index is 2.30. The second-order valence-corrected chi connectivity index (χ2v) is 3.66. The lowest BCUT2D eigenvalue weighted by Crippen LogP contribution is -1.92. The Kier molecular flexibility index (Phi) is 2.19. The third-order valence-corrected chi connectivity index (χ3v) is 2.62. The van der Waals surface area contributed by atoms with E-state index in [1.54, 1.807) is 6.07 Å². The van der Waals surface area contributed by atoms with Crippen LogP contribution in [0.15, 0.2) is 48.7 Å². The number of rotatable bonds is 2. The van der Waals surface area contributed by atoms with Crippen molar-refractivity contribution in [1.82, 2.24) is 14.6 Å². The van der Waals surface area contributed by atoms with E-state index in [4.69, 9.17) is 0 Å². The lowest BCUT2D eigenvalue weighted by atomic mass is 10.2. The first-order chi connectivity index (χ1) is 8.40. The van der Waals surface area contributed by atoms with Crippen molar-refractivity contribution in [3.8, 4) is 11.4 Å². The first-order valence-electron chi connectivity index (χ1n) is 5.24. The minimum atomic E-state index is 0.544. The average molecular weight is 223 g/mol. The van der Waals surface area contributed by atoms with Gasteiger partial charge < -0.3 is 0 Å². The summed E-state index contributed by atoms with van der Waals surface area (Å²) in [6.45, 7) is 0. The molecule has 2 aromatic heterocycles. The standard InChI is InChI=1S/C13H9N3O/c17-9-11-7-4-8-16-12(14-15-13(11)16)10-5-2-1-3-6-10/h1-9H. The minimum absolute atomic E-state index is 0.544. The van der Waals surface area contributed by atoms with Crippen molar-refractivity contribution >= 4 is 11.9 Å². The number of benzene rings is 1. The molecule has 1 aromatic carbocycles. The Hall–Kier alpha value is -2.49. The third kappa shape index (κ3) is 1.50. The summed E-state index contributed by atoms with van der Waals surface area (Å²) in [6, 6.07) is 13.3. The van der Waals surface area contributed by atoms with Crippen LogP contribution in [-0.4, -0.2) is 20.9 Å². The summed E-state index contributed by atoms with van der Waals surface area (Å²) in [5.74, 6) is 0.740. The first-order valence-corrected chi connectivity index (χ1v) is 5.24. The fourth-order valence-electron chi connectivity index (χ4n) is 1.81. The van der Waals surface area contributed by atoms with E-state index in [9.17, 15) is 4.79 Å². The highest BCUT2D eigenvalue weighted by atomic mass is 16.1. The van der Waals surface area contributed by atoms with Crippen molar-refractivity contribution in [3.63, 3.8) is 0 Å². The molecule has 0 fully saturated rings. The summed E-state index contributed by atoms with van der Waals surface area (Å²) in [6.07, 6.45) is 2.64. The van der Waals surface area contributed by atoms with Crippen molar-refractivity contribution in [3.05, 3.63) is 54.2 Å². The van der Waals surface area contributed by atoms with Gasteiger partial charge in [-0.15, -0.1) is 10.2 Å². The molecule has 17 heavy (non-hydrogen) atoms. The number of carbonyl (C=O) groups excluding carboxylic acids is 1. The van der Waals surface area contributed by atoms with Crippen LogP contribution in [-0.2, 0) is 0 Å². The molecule has 4 nitrogen and oxygen atoms in total. The van der Waals surface area contributed by atoms with E-state index in [2.05, 4.69) is 10.2 Å². The van der Waals surface area contributed by atoms with Crippen molar-refractivity contribution in [1.29, 1.82) is 0 Å². The molecular weight excluding hydrogens is 214 g/mol. The van der Waals surface area contributed by atoms with Crippen LogP contribution in [0.1, 0.15) is 10.4 Å². The molecule has 0 amide bonds. The fourth-order valence-corrected chi connectivity index (χ4v) is 1.81. The molecule has 0 saturated heterocycles. The van der Waals surface area contributed by atoms with Gasteiger partial charge in [-0.1, -0.05) is 30.3 Å². The molecule has 82 valence electrons. The highest BCUT2D eigenvalue weighted by Crippen LogP contribution is 2.18. The van der Waals surface area contributed by atoms with Crippen LogP contribution in [0.4, 0.5) is 0 Å². The molecule has 0 spiro atoms. The van der Waals surface area contributed by atoms with Gasteiger partial charge in [0.2, 0.25) is 0 Å². The Morgan fingerprint density at radius 2 is 1.82 bits per heavy atom. The highest BCUT2D eigenvalue weighted by molar-refractivity contribution is 5.84. The quantitative estimate of drug-likeness (QED) is 0.626. The molecule has 0 N–H and O–H groups in total. The van der Waals surface area contributed by atoms with Crippen LogP contribution >= 0.6 is 0 Å². The predicted molar refractivity (Wildman–Crippen MR) is 63.8 cm³/mol. The third-order valence-electron chi connectivity index (χ3n) is 2.62. The van der Waals surface area contributed by atoms with Crippen molar-refractivity contribution < 1.29 is 4.79 Å². The molecular formula is C13H9N3O. The normalized spacial score (nSPS) is 10.6. The SMILES string of the molecule is O=Cc1cccn2c(-c3ccccc3)nnc12. The number of hydrogen-bond donors (Lipinski definition) is 0. The van der Waals surface area contributed by atoms with Gasteiger partial charge >= 0.3 is 0 Å². The van der Waals surface area contributed by atoms with Crippen molar-refractivity contribution in [2.75, 3.05) is 0 Å². The molecule has 0 atom stereocenters. The van der Waals surface area contributed by atoms with E-state index in [0.29, 0.717) is 11.2 Å². The molecule has 0 aliphatic carbocycles. The summed E-state index contributed by atoms with van der Waals surface area (Å²) in [5, 5.41) is 8.18. The van der Waals surface area contributed by atoms with Crippen LogP contribution in [0.3, 0.4) is 0 Å². The van der Waals surface area contributed by atoms with Gasteiger partial charge in [0.1, 0.15) is 0 Å². The predicted octanol–water partition coefficient (Wildman–Crippen LogP) is 2.21. The number of carbonyl (C=O) groups is 1. The van der Waals surface area contributed by atoms with E-state index < -0.39 is 0 Å². The first kappa shape index (κ1) is 9.72. The molecule has 0 radical (unpaired) electrons. The second-order valence-electron chi connectivity index (χ2n) is 3.66. The number of aromatic nitrogens is 3. The number of pyridine rings is 1. The van der Waals surface area contributed by atoms with Gasteiger partial charge in [-0.25, -0.2) is 0 Å². The van der Waals surface area contributed by atoms with E-state index in [1.165, 1.54) is 0 Å². The average Bonchev–Trinajstić information content (AvgIpc) is 2.83. The molecule has 0 aliphatic heterocycles. The maximum absolute atomic E-state index is 10.9. The van der Waals surface area contributed by atoms with Crippen LogP contribution in [0.25, 0.3) is 17.0 Å². The smallest absolute Gasteiger partial charge is 0.171 e. The van der Waals surface area contributed by atoms with Crippen LogP contribution in [0, 0.1) is 0 Å². The maximum Gasteiger partial charge on any atom is 0.171 e. The molecule has 0 saturated carbocycles. The summed E-state index contributed by atoms with van der Waals surface area (Å²) in [5.41, 5.74) is 2.10. The molecule has 0 aliphatic rings. The van der Waals surface area contributed by atoms with Gasteiger partial charge in [0.05, 0.1) is 5.56 Å². The molecule has 0 unspecified atom stereocenters. The van der Waals surface area contributed by atoms with Gasteiger partial charge in [0, 0.05) is 11.8 Å². The van der Waals surface area contributed by atoms with Gasteiger partial charge in [-0.2, -0.15) is 0 Å². The van der Waals surface area contributed by atoms with E-state index in [-0.39, 0.29) is 0 Å². The van der Waals surface area contributed by atoms with Crippen LogP contribution in [0.2, 0.25) is 0 Å². The molecule has 2 heterocycles. The molecule has 3 aromatic rings. The zero-order valence-electron chi connectivity index (χ0n) is 8.95. The fraction of sp³-hybridized carbons (Fsp3) is 0. The number of hydrogen-bond acceptors (Lipinski definition) is 3. The van der Waals surface area contributed by atoms with Crippen LogP contribution < -0.4 is 0 Å². The highest BCUT2D eigenvalue weighted by Gasteiger charge is 2.09. The largest absolute Gasteiger partial charge is 0.298 e. The van der Waals surface area contributed by atoms with Gasteiger partial charge in [-0.3, -0.25) is 9.20 Å². The molecule has 0 bridgehead atoms. The number of aldehydes is 1. The Morgan fingerprint density at radius 1 is 1.00 bits per heavy atom. The van der Waals surface area contributed by atoms with Crippen LogP contribution in [0.5, 0.6) is 0 Å². The lowest BCUT2D eigenvalue weighted by Gasteiger charge is -1.99. The second kappa shape index (κ2) is 3.83. The van der Waals surface area contributed by atoms with Gasteiger partial charge in [-0.05, 0) is 12.1 Å². The zero-order valence-corrected chi connectivity index (χ0v) is 8.95. The van der Waals surface area contributed by atoms with E-state index >= 15 is 0 Å². The number of nitrogens with zero attached hydrogens (tertiary/aromatic N) is 3. The van der Waals surface area contributed by atoms with Gasteiger partial charge in [0.15, 0.2) is 17.8 Å². The maximum atomic E-state index is 10.9. The number of fused-ring (bicyclic) bond motifs is 1. The molecule has 4 heteroatoms. The minimum Gasteiger partial charge on any atom is -0.298 e. The Bertz CT molecular complexity index is 673. The monoisotopic (exact) mass is 223 g/mol. The Morgan fingerprint density at radius 3 is 2.59 bits per heavy atom. The summed E-state index contributed by atoms with van der Waals surface area (Å²) < 4.78 is 1.82. The molecule has 3 rings (SSSR count). The zero-order chi connectivity index (χ0) is 11.7. The van der Waals surface area contributed by atoms with E-state index in [0.717, 1.165) is 17.7 Å². The van der Waals surface area contributed by atoms with Crippen molar-refractivity contribution in [2.45, 2.75) is 0 Å². The van der Waals surface area contributed by atoms with Crippen molar-refractivity contribution in [2.24, 2.45) is 0 Å². The topological polar surface area (TPSA) is 47.3 Å². The summed E-state index contributed by atoms with van der Waals surface area (Å²) in [7, 11) is 0. The Labute approximate surface area is 97.5 Å². The lowest BCUT2D eigenvalue weighted by molar-refractivity contribution is 0.112. The van der Waals surface area contributed by atoms with Gasteiger partial charge in [0.25, 0.3) is 0 Å². The van der Waals surface area contributed by atoms with E-state index in [1.807, 2.05) is 47.0 Å². The summed E-state index contributed by atoms with van der Waals surface area (Å²) in [4.78, 5) is 10.9. The summed E-state index contributed by atoms with van der Waals surface area (Å²) >= 11 is 0.